The SMILES string of the molecule is Clc1ncc(Br)cc1NCc1csc(Br)c1. The van der Waals surface area contributed by atoms with Gasteiger partial charge in [0.15, 0.2) is 5.15 Å². The molecular weight excluding hydrogens is 375 g/mol. The zero-order valence-electron chi connectivity index (χ0n) is 8.01. The predicted molar refractivity (Wildman–Crippen MR) is 76.3 cm³/mol. The maximum atomic E-state index is 5.97. The number of nitrogens with one attached hydrogen (secondary N) is 1. The lowest BCUT2D eigenvalue weighted by atomic mass is 10.3. The molecule has 0 atom stereocenters. The molecule has 0 spiro atoms. The Labute approximate surface area is 119 Å². The van der Waals surface area contributed by atoms with Crippen LogP contribution in [0.15, 0.2) is 32.0 Å². The van der Waals surface area contributed by atoms with Crippen LogP contribution in [0.5, 0.6) is 0 Å². The van der Waals surface area contributed by atoms with E-state index in [0.29, 0.717) is 5.15 Å². The lowest BCUT2D eigenvalue weighted by Gasteiger charge is -2.06. The van der Waals surface area contributed by atoms with Crippen molar-refractivity contribution in [3.05, 3.63) is 42.7 Å². The molecule has 1 N–H and O–H groups in total. The summed E-state index contributed by atoms with van der Waals surface area (Å²) in [6.45, 7) is 0.736. The lowest BCUT2D eigenvalue weighted by Crippen LogP contribution is -1.99. The van der Waals surface area contributed by atoms with Gasteiger partial charge >= 0.3 is 0 Å². The van der Waals surface area contributed by atoms with Crippen molar-refractivity contribution >= 4 is 60.5 Å². The van der Waals surface area contributed by atoms with Crippen molar-refractivity contribution in [2.75, 3.05) is 5.32 Å². The van der Waals surface area contributed by atoms with Crippen molar-refractivity contribution < 1.29 is 0 Å². The van der Waals surface area contributed by atoms with Gasteiger partial charge in [0, 0.05) is 17.2 Å². The van der Waals surface area contributed by atoms with Gasteiger partial charge in [0.05, 0.1) is 9.47 Å². The average molecular weight is 383 g/mol. The van der Waals surface area contributed by atoms with E-state index in [1.807, 2.05) is 6.07 Å². The molecule has 2 nitrogen and oxygen atoms in total. The van der Waals surface area contributed by atoms with Gasteiger partial charge in [-0.15, -0.1) is 11.3 Å². The number of thiophene rings is 1. The monoisotopic (exact) mass is 380 g/mol. The molecule has 0 saturated carbocycles. The highest BCUT2D eigenvalue weighted by atomic mass is 79.9. The van der Waals surface area contributed by atoms with Crippen LogP contribution in [0.4, 0.5) is 5.69 Å². The average Bonchev–Trinajstić information content (AvgIpc) is 2.66. The van der Waals surface area contributed by atoms with E-state index in [1.54, 1.807) is 17.5 Å². The quantitative estimate of drug-likeness (QED) is 0.761. The first-order valence-corrected chi connectivity index (χ1v) is 7.27. The van der Waals surface area contributed by atoms with Gasteiger partial charge in [-0.25, -0.2) is 4.98 Å². The highest BCUT2D eigenvalue weighted by Gasteiger charge is 2.03. The molecule has 16 heavy (non-hydrogen) atoms. The third kappa shape index (κ3) is 3.20. The molecule has 0 aliphatic rings. The van der Waals surface area contributed by atoms with Crippen LogP contribution < -0.4 is 5.32 Å². The van der Waals surface area contributed by atoms with Gasteiger partial charge in [0.1, 0.15) is 0 Å². The Kier molecular flexibility index (Phi) is 4.24. The van der Waals surface area contributed by atoms with E-state index >= 15 is 0 Å². The van der Waals surface area contributed by atoms with Gasteiger partial charge in [0.25, 0.3) is 0 Å². The zero-order valence-corrected chi connectivity index (χ0v) is 12.8. The smallest absolute Gasteiger partial charge is 0.152 e. The van der Waals surface area contributed by atoms with Gasteiger partial charge in [-0.05, 0) is 54.9 Å². The summed E-state index contributed by atoms with van der Waals surface area (Å²) < 4.78 is 2.04. The van der Waals surface area contributed by atoms with Crippen LogP contribution in [0.3, 0.4) is 0 Å². The van der Waals surface area contributed by atoms with Crippen LogP contribution in [-0.4, -0.2) is 4.98 Å². The summed E-state index contributed by atoms with van der Waals surface area (Å²) in [5, 5.41) is 5.82. The molecule has 0 bridgehead atoms. The predicted octanol–water partition coefficient (Wildman–Crippen LogP) is 4.93. The summed E-state index contributed by atoms with van der Waals surface area (Å²) >= 11 is 14.4. The highest BCUT2D eigenvalue weighted by Crippen LogP contribution is 2.25. The maximum Gasteiger partial charge on any atom is 0.152 e. The van der Waals surface area contributed by atoms with Gasteiger partial charge in [-0.2, -0.15) is 0 Å². The van der Waals surface area contributed by atoms with Crippen molar-refractivity contribution in [1.82, 2.24) is 4.98 Å². The number of hydrogen-bond acceptors (Lipinski definition) is 3. The van der Waals surface area contributed by atoms with Gasteiger partial charge < -0.3 is 5.32 Å². The Balaban J connectivity index is 2.07. The summed E-state index contributed by atoms with van der Waals surface area (Å²) in [5.74, 6) is 0. The van der Waals surface area contributed by atoms with Crippen LogP contribution in [0.25, 0.3) is 0 Å². The van der Waals surface area contributed by atoms with E-state index in [0.717, 1.165) is 20.5 Å². The highest BCUT2D eigenvalue weighted by molar-refractivity contribution is 9.11. The fourth-order valence-corrected chi connectivity index (χ4v) is 2.89. The first-order chi connectivity index (χ1) is 7.65. The number of halogens is 3. The molecule has 2 aromatic heterocycles. The molecule has 2 rings (SSSR count). The van der Waals surface area contributed by atoms with Crippen LogP contribution in [0, 0.1) is 0 Å². The molecule has 2 aromatic rings. The first kappa shape index (κ1) is 12.4. The summed E-state index contributed by atoms with van der Waals surface area (Å²) in [4.78, 5) is 4.05. The maximum absolute atomic E-state index is 5.97. The molecule has 0 fully saturated rings. The second-order valence-corrected chi connectivity index (χ2v) is 6.67. The molecule has 0 saturated heterocycles. The van der Waals surface area contributed by atoms with E-state index < -0.39 is 0 Å². The van der Waals surface area contributed by atoms with Gasteiger partial charge in [-0.3, -0.25) is 0 Å². The summed E-state index contributed by atoms with van der Waals surface area (Å²) in [6, 6.07) is 3.99. The van der Waals surface area contributed by atoms with Crippen molar-refractivity contribution in [2.24, 2.45) is 0 Å². The number of rotatable bonds is 3. The molecule has 0 aliphatic heterocycles. The Bertz CT molecular complexity index is 501. The standard InChI is InChI=1S/C10H7Br2ClN2S/c11-7-2-8(10(13)15-4-7)14-3-6-1-9(12)16-5-6/h1-2,4-5,14H,3H2. The normalized spacial score (nSPS) is 10.4. The van der Waals surface area contributed by atoms with Crippen LogP contribution in [0.1, 0.15) is 5.56 Å². The molecule has 2 heterocycles. The van der Waals surface area contributed by atoms with E-state index in [1.165, 1.54) is 5.56 Å². The van der Waals surface area contributed by atoms with Crippen molar-refractivity contribution in [3.8, 4) is 0 Å². The molecule has 0 radical (unpaired) electrons. The van der Waals surface area contributed by atoms with E-state index in [2.05, 4.69) is 53.6 Å². The third-order valence-electron chi connectivity index (χ3n) is 1.91. The Morgan fingerprint density at radius 3 is 2.88 bits per heavy atom. The Morgan fingerprint density at radius 1 is 1.38 bits per heavy atom. The second kappa shape index (κ2) is 5.49. The summed E-state index contributed by atoms with van der Waals surface area (Å²) in [5.41, 5.74) is 2.05. The summed E-state index contributed by atoms with van der Waals surface area (Å²) in [7, 11) is 0. The molecule has 0 unspecified atom stereocenters. The van der Waals surface area contributed by atoms with Crippen molar-refractivity contribution in [2.45, 2.75) is 6.54 Å². The fraction of sp³-hybridized carbons (Fsp3) is 0.100. The van der Waals surface area contributed by atoms with E-state index in [9.17, 15) is 0 Å². The molecule has 6 heteroatoms. The largest absolute Gasteiger partial charge is 0.378 e. The lowest BCUT2D eigenvalue weighted by molar-refractivity contribution is 1.15. The van der Waals surface area contributed by atoms with E-state index in [-0.39, 0.29) is 0 Å². The van der Waals surface area contributed by atoms with Crippen LogP contribution >= 0.6 is 54.8 Å². The Morgan fingerprint density at radius 2 is 2.19 bits per heavy atom. The first-order valence-electron chi connectivity index (χ1n) is 4.43. The fourth-order valence-electron chi connectivity index (χ4n) is 1.18. The van der Waals surface area contributed by atoms with Crippen molar-refractivity contribution in [1.29, 1.82) is 0 Å². The zero-order chi connectivity index (χ0) is 11.5. The van der Waals surface area contributed by atoms with Crippen molar-refractivity contribution in [3.63, 3.8) is 0 Å². The number of anilines is 1. The number of nitrogens with zero attached hydrogens (tertiary/aromatic N) is 1. The van der Waals surface area contributed by atoms with Gasteiger partial charge in [-0.1, -0.05) is 11.6 Å². The molecule has 84 valence electrons. The van der Waals surface area contributed by atoms with E-state index in [4.69, 9.17) is 11.6 Å². The number of aromatic nitrogens is 1. The molecule has 0 aliphatic carbocycles. The Hall–Kier alpha value is -0.100. The minimum atomic E-state index is 0.484. The topological polar surface area (TPSA) is 24.9 Å². The number of hydrogen-bond donors (Lipinski definition) is 1. The van der Waals surface area contributed by atoms with Crippen LogP contribution in [0.2, 0.25) is 5.15 Å². The molecule has 0 amide bonds. The third-order valence-corrected chi connectivity index (χ3v) is 4.20. The minimum absolute atomic E-state index is 0.484. The second-order valence-electron chi connectivity index (χ2n) is 3.10. The minimum Gasteiger partial charge on any atom is -0.378 e. The number of pyridine rings is 1. The summed E-state index contributed by atoms with van der Waals surface area (Å²) in [6.07, 6.45) is 1.68. The van der Waals surface area contributed by atoms with Crippen LogP contribution in [-0.2, 0) is 6.54 Å². The molecular formula is C10H7Br2ClN2S. The van der Waals surface area contributed by atoms with Gasteiger partial charge in [0.2, 0.25) is 0 Å². The molecule has 0 aromatic carbocycles.